The van der Waals surface area contributed by atoms with Gasteiger partial charge in [0.05, 0.1) is 5.69 Å². The van der Waals surface area contributed by atoms with E-state index in [0.717, 1.165) is 6.07 Å². The van der Waals surface area contributed by atoms with E-state index < -0.39 is 17.7 Å². The quantitative estimate of drug-likeness (QED) is 0.728. The second-order valence-corrected chi connectivity index (χ2v) is 3.80. The molecule has 19 heavy (non-hydrogen) atoms. The van der Waals surface area contributed by atoms with Crippen molar-refractivity contribution in [3.8, 4) is 0 Å². The molecule has 0 saturated carbocycles. The van der Waals surface area contributed by atoms with Crippen LogP contribution in [0.2, 0.25) is 0 Å². The number of anilines is 3. The maximum atomic E-state index is 13.3. The second-order valence-electron chi connectivity index (χ2n) is 3.80. The normalized spacial score (nSPS) is 10.0. The van der Waals surface area contributed by atoms with Crippen LogP contribution in [0.15, 0.2) is 42.5 Å². The number of nitrogens with one attached hydrogen (secondary N) is 2. The minimum absolute atomic E-state index is 0.229. The van der Waals surface area contributed by atoms with Gasteiger partial charge < -0.3 is 16.4 Å². The predicted molar refractivity (Wildman–Crippen MR) is 69.9 cm³/mol. The predicted octanol–water partition coefficient (Wildman–Crippen LogP) is 3.19. The molecule has 0 aromatic heterocycles. The molecule has 2 amide bonds. The third-order valence-corrected chi connectivity index (χ3v) is 2.37. The van der Waals surface area contributed by atoms with Crippen molar-refractivity contribution in [3.63, 3.8) is 0 Å². The number of nitrogen functional groups attached to an aromatic ring is 1. The van der Waals surface area contributed by atoms with Crippen molar-refractivity contribution in [1.29, 1.82) is 0 Å². The van der Waals surface area contributed by atoms with Gasteiger partial charge in [-0.1, -0.05) is 6.07 Å². The van der Waals surface area contributed by atoms with E-state index in [-0.39, 0.29) is 5.69 Å². The molecule has 2 aromatic rings. The number of benzene rings is 2. The van der Waals surface area contributed by atoms with E-state index in [9.17, 15) is 13.6 Å². The van der Waals surface area contributed by atoms with Crippen molar-refractivity contribution in [2.45, 2.75) is 0 Å². The Hall–Kier alpha value is -2.63. The van der Waals surface area contributed by atoms with Crippen LogP contribution < -0.4 is 16.4 Å². The zero-order chi connectivity index (χ0) is 13.8. The molecule has 0 heterocycles. The number of amides is 2. The van der Waals surface area contributed by atoms with E-state index in [1.165, 1.54) is 12.1 Å². The maximum absolute atomic E-state index is 13.3. The Labute approximate surface area is 108 Å². The molecule has 0 aliphatic rings. The number of carbonyl (C=O) groups excluding carboxylic acids is 1. The van der Waals surface area contributed by atoms with Crippen molar-refractivity contribution < 1.29 is 13.6 Å². The summed E-state index contributed by atoms with van der Waals surface area (Å²) in [5.41, 5.74) is 6.32. The lowest BCUT2D eigenvalue weighted by molar-refractivity contribution is 0.262. The van der Waals surface area contributed by atoms with E-state index in [0.29, 0.717) is 11.4 Å². The molecule has 2 rings (SSSR count). The van der Waals surface area contributed by atoms with Crippen molar-refractivity contribution in [2.24, 2.45) is 0 Å². The Morgan fingerprint density at radius 1 is 1.00 bits per heavy atom. The van der Waals surface area contributed by atoms with Gasteiger partial charge in [0.1, 0.15) is 0 Å². The van der Waals surface area contributed by atoms with Gasteiger partial charge in [0.25, 0.3) is 0 Å². The summed E-state index contributed by atoms with van der Waals surface area (Å²) in [6, 6.07) is 9.27. The first-order valence-electron chi connectivity index (χ1n) is 5.44. The van der Waals surface area contributed by atoms with Gasteiger partial charge in [-0.3, -0.25) is 0 Å². The second kappa shape index (κ2) is 5.34. The van der Waals surface area contributed by atoms with Crippen LogP contribution in [0, 0.1) is 11.6 Å². The average Bonchev–Trinajstić information content (AvgIpc) is 2.38. The topological polar surface area (TPSA) is 67.1 Å². The number of rotatable bonds is 2. The summed E-state index contributed by atoms with van der Waals surface area (Å²) < 4.78 is 26.3. The monoisotopic (exact) mass is 263 g/mol. The highest BCUT2D eigenvalue weighted by Crippen LogP contribution is 2.17. The molecule has 6 heteroatoms. The van der Waals surface area contributed by atoms with Crippen molar-refractivity contribution in [3.05, 3.63) is 54.1 Å². The lowest BCUT2D eigenvalue weighted by Gasteiger charge is -2.08. The minimum Gasteiger partial charge on any atom is -0.399 e. The molecular weight excluding hydrogens is 252 g/mol. The summed E-state index contributed by atoms with van der Waals surface area (Å²) in [6.07, 6.45) is 0. The zero-order valence-electron chi connectivity index (χ0n) is 9.78. The van der Waals surface area contributed by atoms with Gasteiger partial charge in [0.15, 0.2) is 11.6 Å². The van der Waals surface area contributed by atoms with Gasteiger partial charge in [-0.15, -0.1) is 0 Å². The van der Waals surface area contributed by atoms with Crippen molar-refractivity contribution in [1.82, 2.24) is 0 Å². The number of carbonyl (C=O) groups is 1. The van der Waals surface area contributed by atoms with E-state index >= 15 is 0 Å². The standard InChI is InChI=1S/C13H11F2N3O/c14-10-2-1-3-11(12(10)15)18-13(19)17-9-6-4-8(16)5-7-9/h1-7H,16H2,(H2,17,18,19). The largest absolute Gasteiger partial charge is 0.399 e. The fourth-order valence-electron chi connectivity index (χ4n) is 1.45. The molecule has 0 bridgehead atoms. The summed E-state index contributed by atoms with van der Waals surface area (Å²) in [5, 5.41) is 4.69. The number of halogens is 2. The summed E-state index contributed by atoms with van der Waals surface area (Å²) >= 11 is 0. The van der Waals surface area contributed by atoms with Crippen LogP contribution >= 0.6 is 0 Å². The van der Waals surface area contributed by atoms with E-state index in [1.807, 2.05) is 0 Å². The molecule has 2 aromatic carbocycles. The van der Waals surface area contributed by atoms with Crippen LogP contribution in [0.5, 0.6) is 0 Å². The summed E-state index contributed by atoms with van der Waals surface area (Å²) in [7, 11) is 0. The number of hydrogen-bond donors (Lipinski definition) is 3. The van der Waals surface area contributed by atoms with Crippen molar-refractivity contribution in [2.75, 3.05) is 16.4 Å². The highest BCUT2D eigenvalue weighted by Gasteiger charge is 2.10. The van der Waals surface area contributed by atoms with Crippen LogP contribution in [0.3, 0.4) is 0 Å². The van der Waals surface area contributed by atoms with E-state index in [4.69, 9.17) is 5.73 Å². The van der Waals surface area contributed by atoms with Gasteiger partial charge in [-0.05, 0) is 36.4 Å². The maximum Gasteiger partial charge on any atom is 0.323 e. The number of urea groups is 1. The molecular formula is C13H11F2N3O. The minimum atomic E-state index is -1.10. The van der Waals surface area contributed by atoms with Gasteiger partial charge in [-0.25, -0.2) is 13.6 Å². The molecule has 0 unspecified atom stereocenters. The Balaban J connectivity index is 2.05. The van der Waals surface area contributed by atoms with Crippen LogP contribution in [0.1, 0.15) is 0 Å². The summed E-state index contributed by atoms with van der Waals surface area (Å²) in [5.74, 6) is -2.12. The lowest BCUT2D eigenvalue weighted by atomic mass is 10.3. The zero-order valence-corrected chi connectivity index (χ0v) is 9.78. The molecule has 4 N–H and O–H groups in total. The van der Waals surface area contributed by atoms with Crippen LogP contribution in [-0.2, 0) is 0 Å². The van der Waals surface area contributed by atoms with Crippen molar-refractivity contribution >= 4 is 23.1 Å². The number of nitrogens with two attached hydrogens (primary N) is 1. The lowest BCUT2D eigenvalue weighted by Crippen LogP contribution is -2.20. The fourth-order valence-corrected chi connectivity index (χ4v) is 1.45. The molecule has 0 spiro atoms. The third kappa shape index (κ3) is 3.19. The van der Waals surface area contributed by atoms with Gasteiger partial charge >= 0.3 is 6.03 Å². The Bertz CT molecular complexity index is 599. The SMILES string of the molecule is Nc1ccc(NC(=O)Nc2cccc(F)c2F)cc1. The molecule has 0 atom stereocenters. The first-order chi connectivity index (χ1) is 9.06. The highest BCUT2D eigenvalue weighted by molar-refractivity contribution is 5.99. The third-order valence-electron chi connectivity index (χ3n) is 2.37. The molecule has 4 nitrogen and oxygen atoms in total. The first-order valence-corrected chi connectivity index (χ1v) is 5.44. The molecule has 0 aliphatic heterocycles. The Morgan fingerprint density at radius 3 is 2.37 bits per heavy atom. The van der Waals surface area contributed by atoms with Crippen LogP contribution in [0.25, 0.3) is 0 Å². The van der Waals surface area contributed by atoms with E-state index in [1.54, 1.807) is 24.3 Å². The fraction of sp³-hybridized carbons (Fsp3) is 0. The molecule has 98 valence electrons. The van der Waals surface area contributed by atoms with Crippen LogP contribution in [-0.4, -0.2) is 6.03 Å². The van der Waals surface area contributed by atoms with E-state index in [2.05, 4.69) is 10.6 Å². The highest BCUT2D eigenvalue weighted by atomic mass is 19.2. The molecule has 0 fully saturated rings. The van der Waals surface area contributed by atoms with Crippen LogP contribution in [0.4, 0.5) is 30.6 Å². The average molecular weight is 263 g/mol. The van der Waals surface area contributed by atoms with Gasteiger partial charge in [-0.2, -0.15) is 0 Å². The van der Waals surface area contributed by atoms with Gasteiger partial charge in [0, 0.05) is 11.4 Å². The van der Waals surface area contributed by atoms with Gasteiger partial charge in [0.2, 0.25) is 0 Å². The molecule has 0 aliphatic carbocycles. The summed E-state index contributed by atoms with van der Waals surface area (Å²) in [4.78, 5) is 11.6. The summed E-state index contributed by atoms with van der Waals surface area (Å²) in [6.45, 7) is 0. The molecule has 0 saturated heterocycles. The molecule has 0 radical (unpaired) electrons. The number of hydrogen-bond acceptors (Lipinski definition) is 2. The Morgan fingerprint density at radius 2 is 1.68 bits per heavy atom. The smallest absolute Gasteiger partial charge is 0.323 e. The Kier molecular flexibility index (Phi) is 3.61. The first kappa shape index (κ1) is 12.8.